The molecular weight excluding hydrogens is 473 g/mol. The number of carboxylic acid groups (broad SMARTS) is 1. The van der Waals surface area contributed by atoms with Gasteiger partial charge in [-0.25, -0.2) is 9.37 Å². The van der Waals surface area contributed by atoms with E-state index < -0.39 is 17.3 Å². The molecule has 4 aromatic rings. The van der Waals surface area contributed by atoms with Crippen molar-refractivity contribution in [1.29, 1.82) is 0 Å². The summed E-state index contributed by atoms with van der Waals surface area (Å²) in [4.78, 5) is 29.2. The highest BCUT2D eigenvalue weighted by Gasteiger charge is 2.20. The lowest BCUT2D eigenvalue weighted by molar-refractivity contribution is -0.133. The molecule has 0 aliphatic heterocycles. The van der Waals surface area contributed by atoms with Gasteiger partial charge in [0.1, 0.15) is 16.3 Å². The van der Waals surface area contributed by atoms with E-state index in [1.54, 1.807) is 16.7 Å². The van der Waals surface area contributed by atoms with E-state index in [0.29, 0.717) is 38.0 Å². The molecule has 0 aliphatic rings. The van der Waals surface area contributed by atoms with E-state index in [2.05, 4.69) is 4.98 Å². The first-order valence-corrected chi connectivity index (χ1v) is 11.6. The van der Waals surface area contributed by atoms with Gasteiger partial charge < -0.3 is 9.84 Å². The van der Waals surface area contributed by atoms with Gasteiger partial charge in [0.25, 0.3) is 5.56 Å². The molecule has 0 bridgehead atoms. The highest BCUT2D eigenvalue weighted by atomic mass is 32.2. The Balaban J connectivity index is 1.94. The standard InChI is InChI=1S/C21H16FN3O4S3/c1-2-29-15-9-7-13(8-10-15)24-18-17(32-21(24)30)19(28)25(14-5-3-12(22)4-6-14)20(23-18)31-11-16(26)27/h3-10H,2,11H2,1H3,(H,26,27). The molecule has 11 heteroatoms. The van der Waals surface area contributed by atoms with Crippen molar-refractivity contribution < 1.29 is 19.0 Å². The average molecular weight is 490 g/mol. The molecule has 0 unspecified atom stereocenters. The number of rotatable bonds is 7. The Morgan fingerprint density at radius 3 is 2.41 bits per heavy atom. The van der Waals surface area contributed by atoms with Crippen LogP contribution < -0.4 is 10.3 Å². The van der Waals surface area contributed by atoms with Crippen LogP contribution in [-0.4, -0.2) is 37.6 Å². The Hall–Kier alpha value is -3.02. The quantitative estimate of drug-likeness (QED) is 0.229. The van der Waals surface area contributed by atoms with E-state index in [1.165, 1.54) is 28.8 Å². The van der Waals surface area contributed by atoms with Crippen molar-refractivity contribution in [2.24, 2.45) is 0 Å². The van der Waals surface area contributed by atoms with E-state index in [1.807, 2.05) is 19.1 Å². The second kappa shape index (κ2) is 9.23. The van der Waals surface area contributed by atoms with Crippen LogP contribution in [0.5, 0.6) is 5.75 Å². The van der Waals surface area contributed by atoms with Gasteiger partial charge in [0.15, 0.2) is 14.8 Å². The summed E-state index contributed by atoms with van der Waals surface area (Å²) in [5.41, 5.74) is 1.01. The number of hydrogen-bond acceptors (Lipinski definition) is 7. The van der Waals surface area contributed by atoms with Gasteiger partial charge in [0.05, 0.1) is 18.0 Å². The second-order valence-corrected chi connectivity index (χ2v) is 9.06. The third-order valence-corrected chi connectivity index (χ3v) is 6.67. The van der Waals surface area contributed by atoms with Crippen molar-refractivity contribution in [2.45, 2.75) is 12.1 Å². The molecule has 2 aromatic heterocycles. The molecule has 164 valence electrons. The number of carboxylic acids is 1. The lowest BCUT2D eigenvalue weighted by Crippen LogP contribution is -2.22. The topological polar surface area (TPSA) is 86.3 Å². The third kappa shape index (κ3) is 4.31. The molecule has 0 amide bonds. The summed E-state index contributed by atoms with van der Waals surface area (Å²) in [7, 11) is 0. The van der Waals surface area contributed by atoms with Crippen LogP contribution in [-0.2, 0) is 4.79 Å². The second-order valence-electron chi connectivity index (χ2n) is 6.48. The fraction of sp³-hybridized carbons (Fsp3) is 0.143. The lowest BCUT2D eigenvalue weighted by Gasteiger charge is -2.12. The van der Waals surface area contributed by atoms with Crippen LogP contribution in [0.3, 0.4) is 0 Å². The number of ether oxygens (including phenoxy) is 1. The van der Waals surface area contributed by atoms with Crippen LogP contribution in [0, 0.1) is 9.77 Å². The molecule has 0 fully saturated rings. The molecule has 2 heterocycles. The predicted molar refractivity (Wildman–Crippen MR) is 125 cm³/mol. The molecule has 0 atom stereocenters. The minimum Gasteiger partial charge on any atom is -0.494 e. The monoisotopic (exact) mass is 489 g/mol. The highest BCUT2D eigenvalue weighted by molar-refractivity contribution is 7.99. The molecule has 1 N–H and O–H groups in total. The van der Waals surface area contributed by atoms with E-state index in [9.17, 15) is 14.0 Å². The zero-order chi connectivity index (χ0) is 22.8. The Bertz CT molecular complexity index is 1410. The third-order valence-electron chi connectivity index (χ3n) is 4.39. The lowest BCUT2D eigenvalue weighted by atomic mass is 10.3. The van der Waals surface area contributed by atoms with Gasteiger partial charge in [-0.15, -0.1) is 0 Å². The summed E-state index contributed by atoms with van der Waals surface area (Å²) >= 11 is 7.53. The largest absolute Gasteiger partial charge is 0.494 e. The minimum atomic E-state index is -1.05. The number of thiazole rings is 1. The molecule has 2 aromatic carbocycles. The Morgan fingerprint density at radius 1 is 1.16 bits per heavy atom. The van der Waals surface area contributed by atoms with Crippen LogP contribution in [0.2, 0.25) is 0 Å². The Morgan fingerprint density at radius 2 is 1.78 bits per heavy atom. The van der Waals surface area contributed by atoms with Gasteiger partial charge in [-0.05, 0) is 67.7 Å². The number of halogens is 1. The average Bonchev–Trinajstić information content (AvgIpc) is 3.10. The summed E-state index contributed by atoms with van der Waals surface area (Å²) < 4.78 is 22.6. The van der Waals surface area contributed by atoms with Gasteiger partial charge in [0.2, 0.25) is 0 Å². The van der Waals surface area contributed by atoms with Gasteiger partial charge in [-0.2, -0.15) is 0 Å². The van der Waals surface area contributed by atoms with Crippen LogP contribution in [0.25, 0.3) is 21.7 Å². The molecule has 0 saturated carbocycles. The maximum Gasteiger partial charge on any atom is 0.313 e. The van der Waals surface area contributed by atoms with Gasteiger partial charge in [0, 0.05) is 5.69 Å². The normalized spacial score (nSPS) is 11.1. The minimum absolute atomic E-state index is 0.170. The molecule has 0 aliphatic carbocycles. The molecule has 0 saturated heterocycles. The summed E-state index contributed by atoms with van der Waals surface area (Å²) in [6, 6.07) is 12.5. The van der Waals surface area contributed by atoms with Crippen LogP contribution in [0.4, 0.5) is 4.39 Å². The molecule has 0 spiro atoms. The first-order chi connectivity index (χ1) is 15.4. The number of thioether (sulfide) groups is 1. The summed E-state index contributed by atoms with van der Waals surface area (Å²) in [6.07, 6.45) is 0. The molecule has 32 heavy (non-hydrogen) atoms. The van der Waals surface area contributed by atoms with Crippen molar-refractivity contribution in [1.82, 2.24) is 14.1 Å². The highest BCUT2D eigenvalue weighted by Crippen LogP contribution is 2.28. The van der Waals surface area contributed by atoms with Gasteiger partial charge >= 0.3 is 5.97 Å². The number of aliphatic carboxylic acids is 1. The molecular formula is C21H16FN3O4S3. The molecule has 4 rings (SSSR count). The summed E-state index contributed by atoms with van der Waals surface area (Å²) in [5.74, 6) is -1.10. The van der Waals surface area contributed by atoms with E-state index in [0.717, 1.165) is 23.1 Å². The predicted octanol–water partition coefficient (Wildman–Crippen LogP) is 4.68. The van der Waals surface area contributed by atoms with Crippen molar-refractivity contribution in [3.05, 3.63) is 68.7 Å². The Labute approximate surface area is 194 Å². The van der Waals surface area contributed by atoms with Crippen molar-refractivity contribution in [3.63, 3.8) is 0 Å². The van der Waals surface area contributed by atoms with Gasteiger partial charge in [-0.1, -0.05) is 23.1 Å². The molecule has 7 nitrogen and oxygen atoms in total. The number of hydrogen-bond donors (Lipinski definition) is 1. The Kier molecular flexibility index (Phi) is 6.40. The number of benzene rings is 2. The van der Waals surface area contributed by atoms with E-state index in [-0.39, 0.29) is 10.9 Å². The van der Waals surface area contributed by atoms with Crippen LogP contribution in [0.15, 0.2) is 58.5 Å². The number of fused-ring (bicyclic) bond motifs is 1. The zero-order valence-corrected chi connectivity index (χ0v) is 19.1. The SMILES string of the molecule is CCOc1ccc(-n2c(=S)sc3c(=O)n(-c4ccc(F)cc4)c(SCC(=O)O)nc32)cc1. The fourth-order valence-corrected chi connectivity index (χ4v) is 5.09. The smallest absolute Gasteiger partial charge is 0.313 e. The van der Waals surface area contributed by atoms with Crippen molar-refractivity contribution >= 4 is 51.6 Å². The number of carbonyl (C=O) groups is 1. The molecule has 0 radical (unpaired) electrons. The maximum absolute atomic E-state index is 13.4. The maximum atomic E-state index is 13.4. The van der Waals surface area contributed by atoms with Crippen LogP contribution in [0.1, 0.15) is 6.92 Å². The van der Waals surface area contributed by atoms with Crippen molar-refractivity contribution in [2.75, 3.05) is 12.4 Å². The first-order valence-electron chi connectivity index (χ1n) is 9.41. The van der Waals surface area contributed by atoms with E-state index >= 15 is 0 Å². The van der Waals surface area contributed by atoms with Crippen LogP contribution >= 0.6 is 35.3 Å². The number of nitrogens with zero attached hydrogens (tertiary/aromatic N) is 3. The van der Waals surface area contributed by atoms with Crippen molar-refractivity contribution in [3.8, 4) is 17.1 Å². The first kappa shape index (κ1) is 22.2. The summed E-state index contributed by atoms with van der Waals surface area (Å²) in [5, 5.41) is 9.31. The zero-order valence-electron chi connectivity index (χ0n) is 16.6. The summed E-state index contributed by atoms with van der Waals surface area (Å²) in [6.45, 7) is 2.43. The van der Waals surface area contributed by atoms with E-state index in [4.69, 9.17) is 22.1 Å². The fourth-order valence-electron chi connectivity index (χ4n) is 3.06. The number of aromatic nitrogens is 3. The van der Waals surface area contributed by atoms with Gasteiger partial charge in [-0.3, -0.25) is 18.7 Å².